The fraction of sp³-hybridized carbons (Fsp3) is 0.429. The summed E-state index contributed by atoms with van der Waals surface area (Å²) in [5.74, 6) is -1.24. The van der Waals surface area contributed by atoms with E-state index in [4.69, 9.17) is 4.74 Å². The second-order valence-electron chi connectivity index (χ2n) is 4.06. The molecule has 0 aliphatic heterocycles. The number of hydrogen-bond acceptors (Lipinski definition) is 4. The molecule has 1 amide bonds. The lowest BCUT2D eigenvalue weighted by Gasteiger charge is -2.20. The van der Waals surface area contributed by atoms with Crippen LogP contribution in [0.1, 0.15) is 23.7 Å². The number of ether oxygens (including phenoxy) is 2. The van der Waals surface area contributed by atoms with Crippen molar-refractivity contribution in [1.29, 1.82) is 0 Å². The lowest BCUT2D eigenvalue weighted by Crippen LogP contribution is -2.33. The van der Waals surface area contributed by atoms with E-state index in [0.29, 0.717) is 6.54 Å². The van der Waals surface area contributed by atoms with Gasteiger partial charge in [-0.2, -0.15) is 0 Å². The molecule has 0 fully saturated rings. The van der Waals surface area contributed by atoms with Crippen molar-refractivity contribution in [3.63, 3.8) is 0 Å². The summed E-state index contributed by atoms with van der Waals surface area (Å²) in [6, 6.07) is 4.02. The Labute approximate surface area is 117 Å². The van der Waals surface area contributed by atoms with Crippen molar-refractivity contribution in [3.8, 4) is 5.75 Å². The van der Waals surface area contributed by atoms with Gasteiger partial charge in [-0.3, -0.25) is 9.59 Å². The highest BCUT2D eigenvalue weighted by molar-refractivity contribution is 5.94. The van der Waals surface area contributed by atoms with Gasteiger partial charge in [0.25, 0.3) is 5.91 Å². The van der Waals surface area contributed by atoms with Crippen LogP contribution in [0.25, 0.3) is 0 Å². The second-order valence-corrected chi connectivity index (χ2v) is 4.06. The Hall–Kier alpha value is -2.11. The number of hydrogen-bond donors (Lipinski definition) is 0. The van der Waals surface area contributed by atoms with Gasteiger partial charge >= 0.3 is 5.97 Å². The fourth-order valence-electron chi connectivity index (χ4n) is 1.71. The van der Waals surface area contributed by atoms with E-state index in [1.54, 1.807) is 6.92 Å². The summed E-state index contributed by atoms with van der Waals surface area (Å²) in [6.45, 7) is 2.44. The molecular weight excluding hydrogens is 265 g/mol. The minimum atomic E-state index is -0.595. The molecular formula is C14H18FNO4. The van der Waals surface area contributed by atoms with Crippen molar-refractivity contribution in [2.75, 3.05) is 27.3 Å². The normalized spacial score (nSPS) is 10.0. The smallest absolute Gasteiger partial charge is 0.307 e. The molecule has 0 aliphatic carbocycles. The maximum Gasteiger partial charge on any atom is 0.307 e. The van der Waals surface area contributed by atoms with Crippen LogP contribution in [0.3, 0.4) is 0 Å². The molecule has 0 unspecified atom stereocenters. The Morgan fingerprint density at radius 1 is 1.30 bits per heavy atom. The third-order valence-electron chi connectivity index (χ3n) is 2.88. The first-order valence-corrected chi connectivity index (χ1v) is 6.23. The molecule has 1 aromatic rings. The van der Waals surface area contributed by atoms with Crippen LogP contribution in [0.4, 0.5) is 4.39 Å². The highest BCUT2D eigenvalue weighted by atomic mass is 19.1. The van der Waals surface area contributed by atoms with Crippen LogP contribution in [0.2, 0.25) is 0 Å². The number of amides is 1. The van der Waals surface area contributed by atoms with Gasteiger partial charge in [0.05, 0.1) is 20.6 Å². The molecule has 110 valence electrons. The van der Waals surface area contributed by atoms with E-state index >= 15 is 0 Å². The zero-order chi connectivity index (χ0) is 15.1. The Bertz CT molecular complexity index is 490. The summed E-state index contributed by atoms with van der Waals surface area (Å²) in [4.78, 5) is 24.7. The molecule has 1 rings (SSSR count). The van der Waals surface area contributed by atoms with Crippen LogP contribution in [-0.2, 0) is 9.53 Å². The van der Waals surface area contributed by atoms with Gasteiger partial charge in [-0.15, -0.1) is 0 Å². The van der Waals surface area contributed by atoms with Gasteiger partial charge < -0.3 is 14.4 Å². The van der Waals surface area contributed by atoms with Crippen molar-refractivity contribution in [3.05, 3.63) is 29.6 Å². The van der Waals surface area contributed by atoms with E-state index < -0.39 is 11.8 Å². The van der Waals surface area contributed by atoms with Crippen molar-refractivity contribution < 1.29 is 23.5 Å². The van der Waals surface area contributed by atoms with Gasteiger partial charge in [-0.1, -0.05) is 0 Å². The summed E-state index contributed by atoms with van der Waals surface area (Å²) in [6.07, 6.45) is 0.106. The molecule has 6 heteroatoms. The number of rotatable bonds is 6. The van der Waals surface area contributed by atoms with E-state index in [2.05, 4.69) is 4.74 Å². The monoisotopic (exact) mass is 283 g/mol. The predicted molar refractivity (Wildman–Crippen MR) is 71.2 cm³/mol. The number of benzene rings is 1. The van der Waals surface area contributed by atoms with E-state index in [9.17, 15) is 14.0 Å². The lowest BCUT2D eigenvalue weighted by molar-refractivity contribution is -0.140. The molecule has 0 atom stereocenters. The maximum atomic E-state index is 13.6. The first-order valence-electron chi connectivity index (χ1n) is 6.23. The highest BCUT2D eigenvalue weighted by Gasteiger charge is 2.17. The molecule has 20 heavy (non-hydrogen) atoms. The quantitative estimate of drug-likeness (QED) is 0.748. The molecule has 0 saturated carbocycles. The zero-order valence-corrected chi connectivity index (χ0v) is 11.8. The molecule has 0 spiro atoms. The van der Waals surface area contributed by atoms with Gasteiger partial charge in [-0.25, -0.2) is 4.39 Å². The molecule has 0 heterocycles. The predicted octanol–water partition coefficient (Wildman–Crippen LogP) is 1.86. The first-order chi connectivity index (χ1) is 9.53. The van der Waals surface area contributed by atoms with Crippen molar-refractivity contribution in [2.24, 2.45) is 0 Å². The molecule has 0 radical (unpaired) electrons. The first kappa shape index (κ1) is 15.9. The fourth-order valence-corrected chi connectivity index (χ4v) is 1.71. The van der Waals surface area contributed by atoms with Gasteiger partial charge in [-0.05, 0) is 25.1 Å². The third-order valence-corrected chi connectivity index (χ3v) is 2.88. The molecule has 0 bridgehead atoms. The second kappa shape index (κ2) is 7.47. The van der Waals surface area contributed by atoms with Crippen LogP contribution in [0, 0.1) is 5.82 Å². The molecule has 5 nitrogen and oxygen atoms in total. The van der Waals surface area contributed by atoms with Gasteiger partial charge in [0.15, 0.2) is 11.6 Å². The molecule has 1 aromatic carbocycles. The Balaban J connectivity index is 2.80. The average molecular weight is 283 g/mol. The van der Waals surface area contributed by atoms with Crippen LogP contribution < -0.4 is 4.74 Å². The zero-order valence-electron chi connectivity index (χ0n) is 11.8. The molecule has 0 aliphatic rings. The highest BCUT2D eigenvalue weighted by Crippen LogP contribution is 2.18. The van der Waals surface area contributed by atoms with E-state index in [-0.39, 0.29) is 30.2 Å². The summed E-state index contributed by atoms with van der Waals surface area (Å²) < 4.78 is 22.9. The number of esters is 1. The minimum Gasteiger partial charge on any atom is -0.494 e. The summed E-state index contributed by atoms with van der Waals surface area (Å²) >= 11 is 0. The number of carbonyl (C=O) groups excluding carboxylic acids is 2. The Morgan fingerprint density at radius 3 is 2.50 bits per heavy atom. The SMILES string of the molecule is CCN(CCC(=O)OC)C(=O)c1ccc(OC)c(F)c1. The van der Waals surface area contributed by atoms with E-state index in [1.165, 1.54) is 31.3 Å². The molecule has 0 saturated heterocycles. The van der Waals surface area contributed by atoms with Gasteiger partial charge in [0, 0.05) is 18.7 Å². The lowest BCUT2D eigenvalue weighted by atomic mass is 10.1. The van der Waals surface area contributed by atoms with E-state index in [1.807, 2.05) is 0 Å². The van der Waals surface area contributed by atoms with Crippen LogP contribution >= 0.6 is 0 Å². The number of halogens is 1. The summed E-state index contributed by atoms with van der Waals surface area (Å²) in [5, 5.41) is 0. The van der Waals surface area contributed by atoms with Crippen molar-refractivity contribution in [2.45, 2.75) is 13.3 Å². The summed E-state index contributed by atoms with van der Waals surface area (Å²) in [5.41, 5.74) is 0.218. The number of nitrogens with zero attached hydrogens (tertiary/aromatic N) is 1. The van der Waals surface area contributed by atoms with Gasteiger partial charge in [0.1, 0.15) is 0 Å². The third kappa shape index (κ3) is 3.94. The average Bonchev–Trinajstić information content (AvgIpc) is 2.47. The van der Waals surface area contributed by atoms with Gasteiger partial charge in [0.2, 0.25) is 0 Å². The number of methoxy groups -OCH3 is 2. The van der Waals surface area contributed by atoms with Crippen LogP contribution in [0.5, 0.6) is 5.75 Å². The van der Waals surface area contributed by atoms with Crippen molar-refractivity contribution in [1.82, 2.24) is 4.90 Å². The minimum absolute atomic E-state index is 0.0826. The standard InChI is InChI=1S/C14H18FNO4/c1-4-16(8-7-13(17)20-3)14(18)10-5-6-12(19-2)11(15)9-10/h5-6,9H,4,7-8H2,1-3H3. The maximum absolute atomic E-state index is 13.6. The summed E-state index contributed by atoms with van der Waals surface area (Å²) in [7, 11) is 2.65. The molecule has 0 aromatic heterocycles. The van der Waals surface area contributed by atoms with Crippen LogP contribution in [-0.4, -0.2) is 44.1 Å². The largest absolute Gasteiger partial charge is 0.494 e. The van der Waals surface area contributed by atoms with Crippen molar-refractivity contribution >= 4 is 11.9 Å². The Kier molecular flexibility index (Phi) is 5.96. The molecule has 0 N–H and O–H groups in total. The Morgan fingerprint density at radius 2 is 2.00 bits per heavy atom. The topological polar surface area (TPSA) is 55.8 Å². The number of carbonyl (C=O) groups is 2. The van der Waals surface area contributed by atoms with E-state index in [0.717, 1.165) is 6.07 Å². The van der Waals surface area contributed by atoms with Crippen LogP contribution in [0.15, 0.2) is 18.2 Å².